The molecule has 0 bridgehead atoms. The molecule has 3 heteroatoms. The van der Waals surface area contributed by atoms with E-state index < -0.39 is 0 Å². The molecule has 136 valence electrons. The highest BCUT2D eigenvalue weighted by atomic mass is 79.9. The summed E-state index contributed by atoms with van der Waals surface area (Å²) in [6.45, 7) is 6.18. The number of hydrogen-bond donors (Lipinski definition) is 1. The molecule has 2 nitrogen and oxygen atoms in total. The molecule has 27 heavy (non-hydrogen) atoms. The number of hydrogen-bond acceptors (Lipinski definition) is 1. The first-order valence-corrected chi connectivity index (χ1v) is 9.67. The van der Waals surface area contributed by atoms with E-state index in [4.69, 9.17) is 0 Å². The minimum Gasteiger partial charge on any atom is -0.322 e. The summed E-state index contributed by atoms with van der Waals surface area (Å²) in [6, 6.07) is 23.8. The van der Waals surface area contributed by atoms with Crippen molar-refractivity contribution in [2.45, 2.75) is 19.8 Å². The zero-order chi connectivity index (χ0) is 19.2. The molecule has 0 saturated heterocycles. The van der Waals surface area contributed by atoms with Crippen LogP contribution in [0.25, 0.3) is 0 Å². The van der Waals surface area contributed by atoms with Crippen LogP contribution in [0.2, 0.25) is 0 Å². The summed E-state index contributed by atoms with van der Waals surface area (Å²) in [5.41, 5.74) is 6.10. The first-order valence-electron chi connectivity index (χ1n) is 8.88. The highest BCUT2D eigenvalue weighted by Crippen LogP contribution is 2.18. The van der Waals surface area contributed by atoms with Gasteiger partial charge >= 0.3 is 0 Å². The fourth-order valence-corrected chi connectivity index (χ4v) is 3.19. The molecule has 1 N–H and O–H groups in total. The van der Waals surface area contributed by atoms with E-state index in [1.807, 2.05) is 67.6 Å². The molecule has 0 aliphatic carbocycles. The van der Waals surface area contributed by atoms with Crippen molar-refractivity contribution in [2.75, 3.05) is 5.32 Å². The van der Waals surface area contributed by atoms with Gasteiger partial charge in [-0.25, -0.2) is 0 Å². The molecule has 0 aliphatic rings. The summed E-state index contributed by atoms with van der Waals surface area (Å²) < 4.78 is 1.08. The van der Waals surface area contributed by atoms with Gasteiger partial charge in [0.1, 0.15) is 0 Å². The zero-order valence-electron chi connectivity index (χ0n) is 15.3. The molecule has 0 atom stereocenters. The zero-order valence-corrected chi connectivity index (χ0v) is 16.9. The number of benzene rings is 3. The quantitative estimate of drug-likeness (QED) is 0.463. The lowest BCUT2D eigenvalue weighted by molar-refractivity contribution is 0.102. The number of carbonyl (C=O) groups excluding carboxylic acids is 1. The summed E-state index contributed by atoms with van der Waals surface area (Å²) in [6.07, 6.45) is 1.65. The maximum Gasteiger partial charge on any atom is 0.255 e. The average Bonchev–Trinajstić information content (AvgIpc) is 2.66. The van der Waals surface area contributed by atoms with Crippen LogP contribution in [0.3, 0.4) is 0 Å². The SMILES string of the molecule is C=C(Cc1ccc(Br)cc1)Cc1ccc(C(=O)Nc2ccccc2C)cc1. The lowest BCUT2D eigenvalue weighted by Crippen LogP contribution is -2.12. The van der Waals surface area contributed by atoms with Gasteiger partial charge in [-0.2, -0.15) is 0 Å². The Morgan fingerprint density at radius 3 is 2.04 bits per heavy atom. The van der Waals surface area contributed by atoms with Crippen LogP contribution in [-0.4, -0.2) is 5.91 Å². The molecule has 0 heterocycles. The summed E-state index contributed by atoms with van der Waals surface area (Å²) in [4.78, 5) is 12.4. The van der Waals surface area contributed by atoms with Crippen LogP contribution in [-0.2, 0) is 12.8 Å². The van der Waals surface area contributed by atoms with E-state index in [0.29, 0.717) is 5.56 Å². The molecule has 0 aliphatic heterocycles. The van der Waals surface area contributed by atoms with Gasteiger partial charge in [-0.3, -0.25) is 4.79 Å². The highest BCUT2D eigenvalue weighted by molar-refractivity contribution is 9.10. The molecule has 0 aromatic heterocycles. The van der Waals surface area contributed by atoms with E-state index in [0.717, 1.165) is 39.7 Å². The van der Waals surface area contributed by atoms with E-state index in [1.54, 1.807) is 0 Å². The normalized spacial score (nSPS) is 10.4. The van der Waals surface area contributed by atoms with Crippen LogP contribution in [0.4, 0.5) is 5.69 Å². The Kier molecular flexibility index (Phi) is 6.25. The van der Waals surface area contributed by atoms with Crippen molar-refractivity contribution in [3.05, 3.63) is 112 Å². The lowest BCUT2D eigenvalue weighted by atomic mass is 9.99. The number of amides is 1. The van der Waals surface area contributed by atoms with Crippen LogP contribution in [0, 0.1) is 6.92 Å². The lowest BCUT2D eigenvalue weighted by Gasteiger charge is -2.10. The van der Waals surface area contributed by atoms with Gasteiger partial charge in [-0.15, -0.1) is 0 Å². The number of allylic oxidation sites excluding steroid dienone is 1. The number of rotatable bonds is 6. The molecule has 3 rings (SSSR count). The highest BCUT2D eigenvalue weighted by Gasteiger charge is 2.08. The number of halogens is 1. The fourth-order valence-electron chi connectivity index (χ4n) is 2.92. The van der Waals surface area contributed by atoms with Gasteiger partial charge in [0.15, 0.2) is 0 Å². The van der Waals surface area contributed by atoms with Crippen LogP contribution in [0.15, 0.2) is 89.4 Å². The van der Waals surface area contributed by atoms with E-state index >= 15 is 0 Å². The van der Waals surface area contributed by atoms with Gasteiger partial charge in [0, 0.05) is 15.7 Å². The van der Waals surface area contributed by atoms with Crippen LogP contribution < -0.4 is 5.32 Å². The van der Waals surface area contributed by atoms with Gasteiger partial charge in [0.25, 0.3) is 5.91 Å². The monoisotopic (exact) mass is 419 g/mol. The van der Waals surface area contributed by atoms with Crippen molar-refractivity contribution in [2.24, 2.45) is 0 Å². The molecule has 0 spiro atoms. The topological polar surface area (TPSA) is 29.1 Å². The number of nitrogens with one attached hydrogen (secondary N) is 1. The number of para-hydroxylation sites is 1. The third kappa shape index (κ3) is 5.41. The van der Waals surface area contributed by atoms with Crippen LogP contribution in [0.1, 0.15) is 27.0 Å². The summed E-state index contributed by atoms with van der Waals surface area (Å²) in [5, 5.41) is 2.96. The average molecular weight is 420 g/mol. The third-order valence-electron chi connectivity index (χ3n) is 4.43. The largest absolute Gasteiger partial charge is 0.322 e. The van der Waals surface area contributed by atoms with Gasteiger partial charge in [-0.1, -0.05) is 70.5 Å². The molecule has 3 aromatic carbocycles. The molecule has 0 fully saturated rings. The summed E-state index contributed by atoms with van der Waals surface area (Å²) in [7, 11) is 0. The molecule has 0 saturated carbocycles. The van der Waals surface area contributed by atoms with E-state index in [2.05, 4.69) is 40.0 Å². The second-order valence-electron chi connectivity index (χ2n) is 6.70. The molecule has 3 aromatic rings. The Bertz CT molecular complexity index is 943. The van der Waals surface area contributed by atoms with Crippen molar-refractivity contribution in [3.8, 4) is 0 Å². The van der Waals surface area contributed by atoms with Gasteiger partial charge in [0.2, 0.25) is 0 Å². The Labute approximate surface area is 169 Å². The fraction of sp³-hybridized carbons (Fsp3) is 0.125. The van der Waals surface area contributed by atoms with Crippen molar-refractivity contribution in [3.63, 3.8) is 0 Å². The standard InChI is InChI=1S/C24H22BrNO/c1-17(16-20-9-13-22(25)14-10-20)15-19-7-11-21(12-8-19)24(27)26-23-6-4-3-5-18(23)2/h3-14H,1,15-16H2,2H3,(H,26,27). The predicted molar refractivity (Wildman–Crippen MR) is 116 cm³/mol. The predicted octanol–water partition coefficient (Wildman–Crippen LogP) is 6.35. The summed E-state index contributed by atoms with van der Waals surface area (Å²) in [5.74, 6) is -0.0930. The van der Waals surface area contributed by atoms with Crippen LogP contribution in [0.5, 0.6) is 0 Å². The number of aryl methyl sites for hydroxylation is 1. The van der Waals surface area contributed by atoms with Gasteiger partial charge in [-0.05, 0) is 66.8 Å². The molecule has 1 amide bonds. The van der Waals surface area contributed by atoms with E-state index in [1.165, 1.54) is 5.56 Å². The van der Waals surface area contributed by atoms with Crippen LogP contribution >= 0.6 is 15.9 Å². The summed E-state index contributed by atoms with van der Waals surface area (Å²) >= 11 is 3.45. The molecular formula is C24H22BrNO. The first-order chi connectivity index (χ1) is 13.0. The van der Waals surface area contributed by atoms with Crippen molar-refractivity contribution in [1.82, 2.24) is 0 Å². The number of anilines is 1. The van der Waals surface area contributed by atoms with Crippen molar-refractivity contribution < 1.29 is 4.79 Å². The van der Waals surface area contributed by atoms with Gasteiger partial charge in [0.05, 0.1) is 0 Å². The van der Waals surface area contributed by atoms with E-state index in [9.17, 15) is 4.79 Å². The smallest absolute Gasteiger partial charge is 0.255 e. The third-order valence-corrected chi connectivity index (χ3v) is 4.96. The molecular weight excluding hydrogens is 398 g/mol. The van der Waals surface area contributed by atoms with E-state index in [-0.39, 0.29) is 5.91 Å². The molecule has 0 unspecified atom stereocenters. The Hall–Kier alpha value is -2.65. The maximum atomic E-state index is 12.4. The Balaban J connectivity index is 1.59. The number of carbonyl (C=O) groups is 1. The Morgan fingerprint density at radius 2 is 1.44 bits per heavy atom. The second-order valence-corrected chi connectivity index (χ2v) is 7.61. The Morgan fingerprint density at radius 1 is 0.889 bits per heavy atom. The van der Waals surface area contributed by atoms with Gasteiger partial charge < -0.3 is 5.32 Å². The van der Waals surface area contributed by atoms with Crippen molar-refractivity contribution in [1.29, 1.82) is 0 Å². The maximum absolute atomic E-state index is 12.4. The van der Waals surface area contributed by atoms with Crippen molar-refractivity contribution >= 4 is 27.5 Å². The minimum absolute atomic E-state index is 0.0930. The second kappa shape index (κ2) is 8.83. The minimum atomic E-state index is -0.0930. The first kappa shape index (κ1) is 19.1. The molecule has 0 radical (unpaired) electrons.